The van der Waals surface area contributed by atoms with E-state index in [-0.39, 0.29) is 13.0 Å². The van der Waals surface area contributed by atoms with Crippen molar-refractivity contribution in [3.63, 3.8) is 0 Å². The maximum atomic E-state index is 10.9. The average molecular weight is 364 g/mol. The van der Waals surface area contributed by atoms with Gasteiger partial charge in [0.25, 0.3) is 0 Å². The van der Waals surface area contributed by atoms with Gasteiger partial charge in [0.2, 0.25) is 0 Å². The van der Waals surface area contributed by atoms with Crippen molar-refractivity contribution in [3.05, 3.63) is 34.3 Å². The minimum atomic E-state index is -4.02. The van der Waals surface area contributed by atoms with Gasteiger partial charge in [-0.05, 0) is 31.4 Å². The van der Waals surface area contributed by atoms with Gasteiger partial charge >= 0.3 is 10.3 Å². The lowest BCUT2D eigenvalue weighted by Crippen LogP contribution is -2.31. The van der Waals surface area contributed by atoms with Crippen LogP contribution in [0.4, 0.5) is 0 Å². The fourth-order valence-corrected chi connectivity index (χ4v) is 3.57. The lowest BCUT2D eigenvalue weighted by Gasteiger charge is -2.30. The van der Waals surface area contributed by atoms with Crippen LogP contribution < -0.4 is 5.14 Å². The standard InChI is InChI=1S/C15H22ClNO5S/c1-11-5-4-6-12(16)14(11)13(7-10-21-23(17,19)20)22-15(18)8-2-3-9-15/h4-6,13,18H,2-3,7-10H2,1H3,(H2,17,19,20). The first-order chi connectivity index (χ1) is 10.7. The molecule has 0 amide bonds. The second-order valence-corrected chi connectivity index (χ2v) is 7.46. The average Bonchev–Trinajstić information content (AvgIpc) is 2.83. The molecule has 0 heterocycles. The highest BCUT2D eigenvalue weighted by Crippen LogP contribution is 2.39. The second-order valence-electron chi connectivity index (χ2n) is 5.83. The molecule has 8 heteroatoms. The van der Waals surface area contributed by atoms with E-state index in [4.69, 9.17) is 21.5 Å². The fourth-order valence-electron chi connectivity index (χ4n) is 2.90. The maximum Gasteiger partial charge on any atom is 0.333 e. The number of nitrogens with two attached hydrogens (primary N) is 1. The first-order valence-corrected chi connectivity index (χ1v) is 9.37. The Hall–Kier alpha value is -0.700. The van der Waals surface area contributed by atoms with Crippen molar-refractivity contribution in [2.24, 2.45) is 5.14 Å². The lowest BCUT2D eigenvalue weighted by molar-refractivity contribution is -0.229. The van der Waals surface area contributed by atoms with Gasteiger partial charge in [-0.25, -0.2) is 5.14 Å². The first-order valence-electron chi connectivity index (χ1n) is 7.52. The molecule has 0 spiro atoms. The summed E-state index contributed by atoms with van der Waals surface area (Å²) in [5.74, 6) is -1.21. The Morgan fingerprint density at radius 3 is 2.61 bits per heavy atom. The van der Waals surface area contributed by atoms with E-state index in [1.54, 1.807) is 6.07 Å². The number of rotatable bonds is 7. The number of aliphatic hydroxyl groups is 1. The Labute approximate surface area is 141 Å². The first kappa shape index (κ1) is 18.6. The van der Waals surface area contributed by atoms with Crippen LogP contribution in [0.15, 0.2) is 18.2 Å². The highest BCUT2D eigenvalue weighted by atomic mass is 35.5. The predicted octanol–water partition coefficient (Wildman–Crippen LogP) is 2.58. The van der Waals surface area contributed by atoms with Crippen molar-refractivity contribution < 1.29 is 22.4 Å². The van der Waals surface area contributed by atoms with Crippen molar-refractivity contribution in [1.29, 1.82) is 0 Å². The van der Waals surface area contributed by atoms with Crippen molar-refractivity contribution in [1.82, 2.24) is 0 Å². The van der Waals surface area contributed by atoms with E-state index < -0.39 is 22.2 Å². The molecule has 0 aliphatic heterocycles. The van der Waals surface area contributed by atoms with Gasteiger partial charge in [0.15, 0.2) is 5.79 Å². The minimum Gasteiger partial charge on any atom is -0.365 e. The van der Waals surface area contributed by atoms with Crippen LogP contribution in [0, 0.1) is 6.92 Å². The fraction of sp³-hybridized carbons (Fsp3) is 0.600. The molecule has 0 saturated heterocycles. The summed E-state index contributed by atoms with van der Waals surface area (Å²) >= 11 is 6.28. The van der Waals surface area contributed by atoms with E-state index in [9.17, 15) is 13.5 Å². The van der Waals surface area contributed by atoms with Gasteiger partial charge in [-0.3, -0.25) is 4.18 Å². The Morgan fingerprint density at radius 1 is 1.39 bits per heavy atom. The van der Waals surface area contributed by atoms with Crippen LogP contribution in [-0.2, 0) is 19.2 Å². The van der Waals surface area contributed by atoms with E-state index in [1.807, 2.05) is 19.1 Å². The van der Waals surface area contributed by atoms with E-state index in [0.29, 0.717) is 17.9 Å². The molecule has 2 rings (SSSR count). The Balaban J connectivity index is 2.20. The van der Waals surface area contributed by atoms with Crippen molar-refractivity contribution in [2.45, 2.75) is 50.9 Å². The van der Waals surface area contributed by atoms with E-state index >= 15 is 0 Å². The van der Waals surface area contributed by atoms with Gasteiger partial charge in [0.1, 0.15) is 0 Å². The summed E-state index contributed by atoms with van der Waals surface area (Å²) < 4.78 is 32.4. The summed E-state index contributed by atoms with van der Waals surface area (Å²) in [6.45, 7) is 1.74. The molecule has 0 radical (unpaired) electrons. The van der Waals surface area contributed by atoms with Crippen molar-refractivity contribution in [2.75, 3.05) is 6.61 Å². The van der Waals surface area contributed by atoms with Crippen LogP contribution in [0.2, 0.25) is 5.02 Å². The second kappa shape index (κ2) is 7.46. The van der Waals surface area contributed by atoms with Gasteiger partial charge in [0.05, 0.1) is 12.7 Å². The summed E-state index contributed by atoms with van der Waals surface area (Å²) in [5.41, 5.74) is 1.63. The van der Waals surface area contributed by atoms with E-state index in [0.717, 1.165) is 24.0 Å². The smallest absolute Gasteiger partial charge is 0.333 e. The van der Waals surface area contributed by atoms with Gasteiger partial charge in [-0.15, -0.1) is 0 Å². The number of benzene rings is 1. The van der Waals surface area contributed by atoms with Gasteiger partial charge in [-0.2, -0.15) is 8.42 Å². The number of hydrogen-bond donors (Lipinski definition) is 2. The third-order valence-electron chi connectivity index (χ3n) is 3.97. The number of aryl methyl sites for hydroxylation is 1. The molecule has 130 valence electrons. The van der Waals surface area contributed by atoms with Crippen LogP contribution >= 0.6 is 11.6 Å². The zero-order chi connectivity index (χ0) is 17.1. The molecule has 1 saturated carbocycles. The Bertz CT molecular complexity index is 623. The van der Waals surface area contributed by atoms with Crippen molar-refractivity contribution >= 4 is 21.9 Å². The van der Waals surface area contributed by atoms with Gasteiger partial charge < -0.3 is 9.84 Å². The largest absolute Gasteiger partial charge is 0.365 e. The molecular formula is C15H22ClNO5S. The van der Waals surface area contributed by atoms with Gasteiger partial charge in [-0.1, -0.05) is 23.7 Å². The van der Waals surface area contributed by atoms with Crippen LogP contribution in [-0.4, -0.2) is 25.9 Å². The molecule has 23 heavy (non-hydrogen) atoms. The Kier molecular flexibility index (Phi) is 6.05. The number of ether oxygens (including phenoxy) is 1. The molecule has 1 aromatic carbocycles. The molecule has 1 aromatic rings. The van der Waals surface area contributed by atoms with Crippen LogP contribution in [0.25, 0.3) is 0 Å². The van der Waals surface area contributed by atoms with Gasteiger partial charge in [0, 0.05) is 29.8 Å². The summed E-state index contributed by atoms with van der Waals surface area (Å²) in [4.78, 5) is 0. The van der Waals surface area contributed by atoms with Crippen LogP contribution in [0.1, 0.15) is 49.3 Å². The molecule has 1 atom stereocenters. The normalized spacial score (nSPS) is 19.0. The van der Waals surface area contributed by atoms with E-state index in [1.165, 1.54) is 0 Å². The van der Waals surface area contributed by atoms with Crippen LogP contribution in [0.5, 0.6) is 0 Å². The monoisotopic (exact) mass is 363 g/mol. The molecule has 1 aliphatic carbocycles. The summed E-state index contributed by atoms with van der Waals surface area (Å²) in [6, 6.07) is 5.44. The highest BCUT2D eigenvalue weighted by molar-refractivity contribution is 7.84. The molecular weight excluding hydrogens is 342 g/mol. The molecule has 6 nitrogen and oxygen atoms in total. The third kappa shape index (κ3) is 5.41. The molecule has 1 aliphatic rings. The number of halogens is 1. The molecule has 3 N–H and O–H groups in total. The minimum absolute atomic E-state index is 0.149. The zero-order valence-electron chi connectivity index (χ0n) is 13.0. The SMILES string of the molecule is Cc1cccc(Cl)c1C(CCOS(N)(=O)=O)OC1(O)CCCC1. The predicted molar refractivity (Wildman–Crippen MR) is 87.1 cm³/mol. The molecule has 0 aromatic heterocycles. The molecule has 0 bridgehead atoms. The zero-order valence-corrected chi connectivity index (χ0v) is 14.6. The topological polar surface area (TPSA) is 98.9 Å². The van der Waals surface area contributed by atoms with E-state index in [2.05, 4.69) is 4.18 Å². The number of hydrogen-bond acceptors (Lipinski definition) is 5. The summed E-state index contributed by atoms with van der Waals surface area (Å²) in [7, 11) is -4.02. The summed E-state index contributed by atoms with van der Waals surface area (Å²) in [6.07, 6.45) is 2.50. The summed E-state index contributed by atoms with van der Waals surface area (Å²) in [5, 5.41) is 15.9. The van der Waals surface area contributed by atoms with Crippen LogP contribution in [0.3, 0.4) is 0 Å². The molecule has 1 unspecified atom stereocenters. The third-order valence-corrected chi connectivity index (χ3v) is 4.79. The highest BCUT2D eigenvalue weighted by Gasteiger charge is 2.36. The maximum absolute atomic E-state index is 10.9. The Morgan fingerprint density at radius 2 is 2.04 bits per heavy atom. The van der Waals surface area contributed by atoms with Crippen molar-refractivity contribution in [3.8, 4) is 0 Å². The lowest BCUT2D eigenvalue weighted by atomic mass is 10.0. The molecule has 1 fully saturated rings. The quantitative estimate of drug-likeness (QED) is 0.725.